The largest absolute Gasteiger partial charge is 0.496 e. The second-order valence-electron chi connectivity index (χ2n) is 6.96. The molecule has 0 radical (unpaired) electrons. The SMILES string of the molecule is COc1ccccc1CCNCc1cccc(OC)c1OCc1cccc(C)c1. The molecule has 0 saturated carbocycles. The van der Waals surface area contributed by atoms with Crippen LogP contribution < -0.4 is 19.5 Å². The van der Waals surface area contributed by atoms with Crippen LogP contribution in [0, 0.1) is 6.92 Å². The van der Waals surface area contributed by atoms with Crippen molar-refractivity contribution >= 4 is 0 Å². The Morgan fingerprint density at radius 2 is 1.52 bits per heavy atom. The lowest BCUT2D eigenvalue weighted by atomic mass is 10.1. The van der Waals surface area contributed by atoms with Gasteiger partial charge in [-0.25, -0.2) is 0 Å². The maximum atomic E-state index is 6.17. The molecular weight excluding hydrogens is 362 g/mol. The zero-order valence-corrected chi connectivity index (χ0v) is 17.4. The minimum atomic E-state index is 0.510. The van der Waals surface area contributed by atoms with Gasteiger partial charge >= 0.3 is 0 Å². The molecule has 0 spiro atoms. The third-order valence-corrected chi connectivity index (χ3v) is 4.83. The van der Waals surface area contributed by atoms with Gasteiger partial charge in [-0.2, -0.15) is 0 Å². The average molecular weight is 392 g/mol. The maximum absolute atomic E-state index is 6.17. The first kappa shape index (κ1) is 20.7. The molecule has 3 aromatic carbocycles. The van der Waals surface area contributed by atoms with Crippen molar-refractivity contribution in [3.8, 4) is 17.2 Å². The van der Waals surface area contributed by atoms with Crippen molar-refractivity contribution in [3.63, 3.8) is 0 Å². The van der Waals surface area contributed by atoms with Crippen LogP contribution >= 0.6 is 0 Å². The molecule has 0 aliphatic heterocycles. The van der Waals surface area contributed by atoms with E-state index in [0.29, 0.717) is 13.2 Å². The Morgan fingerprint density at radius 3 is 2.31 bits per heavy atom. The first-order valence-corrected chi connectivity index (χ1v) is 9.88. The van der Waals surface area contributed by atoms with Crippen molar-refractivity contribution in [1.29, 1.82) is 0 Å². The highest BCUT2D eigenvalue weighted by molar-refractivity contribution is 5.46. The molecule has 0 aromatic heterocycles. The minimum absolute atomic E-state index is 0.510. The number of nitrogens with one attached hydrogen (secondary N) is 1. The van der Waals surface area contributed by atoms with Crippen LogP contribution in [0.25, 0.3) is 0 Å². The molecule has 152 valence electrons. The summed E-state index contributed by atoms with van der Waals surface area (Å²) in [5.74, 6) is 2.47. The van der Waals surface area contributed by atoms with Crippen LogP contribution in [0.4, 0.5) is 0 Å². The van der Waals surface area contributed by atoms with Gasteiger partial charge in [0, 0.05) is 12.1 Å². The zero-order chi connectivity index (χ0) is 20.5. The van der Waals surface area contributed by atoms with E-state index in [1.54, 1.807) is 14.2 Å². The van der Waals surface area contributed by atoms with Crippen molar-refractivity contribution in [3.05, 3.63) is 89.0 Å². The van der Waals surface area contributed by atoms with E-state index >= 15 is 0 Å². The molecule has 29 heavy (non-hydrogen) atoms. The molecule has 3 aromatic rings. The summed E-state index contributed by atoms with van der Waals surface area (Å²) in [4.78, 5) is 0. The first-order chi connectivity index (χ1) is 14.2. The molecule has 1 N–H and O–H groups in total. The maximum Gasteiger partial charge on any atom is 0.166 e. The number of rotatable bonds is 10. The van der Waals surface area contributed by atoms with Crippen LogP contribution in [0.1, 0.15) is 22.3 Å². The van der Waals surface area contributed by atoms with E-state index in [0.717, 1.165) is 41.3 Å². The summed E-state index contributed by atoms with van der Waals surface area (Å²) in [6.45, 7) is 4.14. The predicted octanol–water partition coefficient (Wildman–Crippen LogP) is 4.92. The lowest BCUT2D eigenvalue weighted by Gasteiger charge is -2.16. The first-order valence-electron chi connectivity index (χ1n) is 9.88. The number of hydrogen-bond acceptors (Lipinski definition) is 4. The lowest BCUT2D eigenvalue weighted by molar-refractivity contribution is 0.280. The second-order valence-corrected chi connectivity index (χ2v) is 6.96. The van der Waals surface area contributed by atoms with Gasteiger partial charge in [-0.15, -0.1) is 0 Å². The van der Waals surface area contributed by atoms with Crippen molar-refractivity contribution in [1.82, 2.24) is 5.32 Å². The molecule has 0 aliphatic rings. The predicted molar refractivity (Wildman–Crippen MR) is 117 cm³/mol. The highest BCUT2D eigenvalue weighted by Crippen LogP contribution is 2.32. The Balaban J connectivity index is 1.62. The third-order valence-electron chi connectivity index (χ3n) is 4.83. The fourth-order valence-corrected chi connectivity index (χ4v) is 3.34. The Labute approximate surface area is 173 Å². The van der Waals surface area contributed by atoms with E-state index in [-0.39, 0.29) is 0 Å². The highest BCUT2D eigenvalue weighted by Gasteiger charge is 2.11. The van der Waals surface area contributed by atoms with Crippen LogP contribution in [0.3, 0.4) is 0 Å². The number of methoxy groups -OCH3 is 2. The Hall–Kier alpha value is -2.98. The normalized spacial score (nSPS) is 10.6. The molecule has 0 fully saturated rings. The van der Waals surface area contributed by atoms with Crippen LogP contribution in [-0.2, 0) is 19.6 Å². The van der Waals surface area contributed by atoms with Crippen LogP contribution in [0.5, 0.6) is 17.2 Å². The van der Waals surface area contributed by atoms with E-state index in [4.69, 9.17) is 14.2 Å². The minimum Gasteiger partial charge on any atom is -0.496 e. The molecule has 3 rings (SSSR count). The summed E-state index contributed by atoms with van der Waals surface area (Å²) in [6, 6.07) is 22.5. The zero-order valence-electron chi connectivity index (χ0n) is 17.4. The smallest absolute Gasteiger partial charge is 0.166 e. The Morgan fingerprint density at radius 1 is 0.793 bits per heavy atom. The fraction of sp³-hybridized carbons (Fsp3) is 0.280. The molecule has 4 nitrogen and oxygen atoms in total. The van der Waals surface area contributed by atoms with Crippen molar-refractivity contribution in [2.24, 2.45) is 0 Å². The van der Waals surface area contributed by atoms with E-state index < -0.39 is 0 Å². The quantitative estimate of drug-likeness (QED) is 0.498. The molecular formula is C25H29NO3. The molecule has 0 atom stereocenters. The molecule has 4 heteroatoms. The number of ether oxygens (including phenoxy) is 3. The Bertz CT molecular complexity index is 923. The Kier molecular flexibility index (Phi) is 7.54. The number of hydrogen-bond donors (Lipinski definition) is 1. The van der Waals surface area contributed by atoms with Gasteiger partial charge < -0.3 is 19.5 Å². The van der Waals surface area contributed by atoms with Crippen molar-refractivity contribution in [2.75, 3.05) is 20.8 Å². The van der Waals surface area contributed by atoms with Gasteiger partial charge in [0.1, 0.15) is 12.4 Å². The number of para-hydroxylation sites is 2. The van der Waals surface area contributed by atoms with Gasteiger partial charge in [0.05, 0.1) is 14.2 Å². The number of benzene rings is 3. The third kappa shape index (κ3) is 5.75. The lowest BCUT2D eigenvalue weighted by Crippen LogP contribution is -2.17. The van der Waals surface area contributed by atoms with E-state index in [9.17, 15) is 0 Å². The topological polar surface area (TPSA) is 39.7 Å². The summed E-state index contributed by atoms with van der Waals surface area (Å²) >= 11 is 0. The molecule has 0 bridgehead atoms. The van der Waals surface area contributed by atoms with Gasteiger partial charge in [0.25, 0.3) is 0 Å². The van der Waals surface area contributed by atoms with Gasteiger partial charge in [0.15, 0.2) is 11.5 Å². The van der Waals surface area contributed by atoms with Gasteiger partial charge in [-0.3, -0.25) is 0 Å². The fourth-order valence-electron chi connectivity index (χ4n) is 3.34. The highest BCUT2D eigenvalue weighted by atomic mass is 16.5. The van der Waals surface area contributed by atoms with Gasteiger partial charge in [0.2, 0.25) is 0 Å². The summed E-state index contributed by atoms with van der Waals surface area (Å²) in [5.41, 5.74) is 4.65. The monoisotopic (exact) mass is 391 g/mol. The average Bonchev–Trinajstić information content (AvgIpc) is 2.75. The molecule has 0 saturated heterocycles. The van der Waals surface area contributed by atoms with Gasteiger partial charge in [-0.05, 0) is 43.1 Å². The number of aryl methyl sites for hydroxylation is 1. The standard InChI is InChI=1S/C25H29NO3/c1-19-8-6-9-20(16-19)18-29-25-22(11-7-13-24(25)28-3)17-26-15-14-21-10-4-5-12-23(21)27-2/h4-13,16,26H,14-15,17-18H2,1-3H3. The molecule has 0 aliphatic carbocycles. The molecule has 0 heterocycles. The van der Waals surface area contributed by atoms with Crippen molar-refractivity contribution in [2.45, 2.75) is 26.5 Å². The van der Waals surface area contributed by atoms with Crippen LogP contribution in [-0.4, -0.2) is 20.8 Å². The molecule has 0 unspecified atom stereocenters. The molecule has 0 amide bonds. The van der Waals surface area contributed by atoms with E-state index in [2.05, 4.69) is 48.6 Å². The van der Waals surface area contributed by atoms with Crippen LogP contribution in [0.2, 0.25) is 0 Å². The van der Waals surface area contributed by atoms with Crippen molar-refractivity contribution < 1.29 is 14.2 Å². The summed E-state index contributed by atoms with van der Waals surface area (Å²) in [5, 5.41) is 3.51. The van der Waals surface area contributed by atoms with Gasteiger partial charge in [-0.1, -0.05) is 60.2 Å². The van der Waals surface area contributed by atoms with E-state index in [1.165, 1.54) is 11.1 Å². The summed E-state index contributed by atoms with van der Waals surface area (Å²) in [7, 11) is 3.38. The van der Waals surface area contributed by atoms with Crippen LogP contribution in [0.15, 0.2) is 66.7 Å². The second kappa shape index (κ2) is 10.5. The van der Waals surface area contributed by atoms with E-state index in [1.807, 2.05) is 30.3 Å². The summed E-state index contributed by atoms with van der Waals surface area (Å²) in [6.07, 6.45) is 0.896. The summed E-state index contributed by atoms with van der Waals surface area (Å²) < 4.78 is 17.1.